The Morgan fingerprint density at radius 1 is 1.18 bits per heavy atom. The van der Waals surface area contributed by atoms with E-state index in [9.17, 15) is 9.59 Å². The molecule has 0 saturated carbocycles. The fourth-order valence-corrected chi connectivity index (χ4v) is 3.45. The maximum atomic E-state index is 12.8. The molecule has 3 aliphatic rings. The summed E-state index contributed by atoms with van der Waals surface area (Å²) in [6.07, 6.45) is 5.36. The highest BCUT2D eigenvalue weighted by atomic mass is 35.5. The normalized spacial score (nSPS) is 24.0. The van der Waals surface area contributed by atoms with Gasteiger partial charge in [0.1, 0.15) is 0 Å². The van der Waals surface area contributed by atoms with Crippen molar-refractivity contribution in [2.24, 2.45) is 4.99 Å². The van der Waals surface area contributed by atoms with Gasteiger partial charge in [-0.1, -0.05) is 17.7 Å². The van der Waals surface area contributed by atoms with Crippen LogP contribution < -0.4 is 4.90 Å². The number of urea groups is 1. The molecule has 0 N–H and O–H groups in total. The molecule has 6 heteroatoms. The molecule has 22 heavy (non-hydrogen) atoms. The first kappa shape index (κ1) is 13.5. The maximum Gasteiger partial charge on any atom is 0.336 e. The SMILES string of the molecule is O=C1C2C=NC3=C(CCCC3)N2C(=O)N1c1cccc(Cl)c1. The number of hydrogen-bond donors (Lipinski definition) is 0. The van der Waals surface area contributed by atoms with Gasteiger partial charge < -0.3 is 0 Å². The number of hydrogen-bond acceptors (Lipinski definition) is 3. The van der Waals surface area contributed by atoms with Crippen molar-refractivity contribution in [3.05, 3.63) is 40.7 Å². The van der Waals surface area contributed by atoms with E-state index in [1.165, 1.54) is 4.90 Å². The third-order valence-electron chi connectivity index (χ3n) is 4.29. The van der Waals surface area contributed by atoms with Gasteiger partial charge in [-0.15, -0.1) is 0 Å². The summed E-state index contributed by atoms with van der Waals surface area (Å²) in [5.74, 6) is -0.270. The van der Waals surface area contributed by atoms with Crippen molar-refractivity contribution >= 4 is 35.4 Å². The van der Waals surface area contributed by atoms with Crippen molar-refractivity contribution in [2.45, 2.75) is 31.7 Å². The topological polar surface area (TPSA) is 53.0 Å². The largest absolute Gasteiger partial charge is 0.336 e. The smallest absolute Gasteiger partial charge is 0.278 e. The van der Waals surface area contributed by atoms with Gasteiger partial charge in [-0.3, -0.25) is 14.7 Å². The van der Waals surface area contributed by atoms with E-state index in [2.05, 4.69) is 4.99 Å². The quantitative estimate of drug-likeness (QED) is 0.746. The molecular weight excluding hydrogens is 302 g/mol. The molecule has 1 aromatic rings. The Balaban J connectivity index is 1.77. The second-order valence-corrected chi connectivity index (χ2v) is 6.07. The third-order valence-corrected chi connectivity index (χ3v) is 4.52. The molecule has 1 saturated heterocycles. The zero-order valence-corrected chi connectivity index (χ0v) is 12.6. The molecule has 0 bridgehead atoms. The molecule has 1 aliphatic carbocycles. The van der Waals surface area contributed by atoms with Crippen molar-refractivity contribution in [1.82, 2.24) is 4.90 Å². The van der Waals surface area contributed by atoms with E-state index >= 15 is 0 Å². The van der Waals surface area contributed by atoms with E-state index in [1.807, 2.05) is 0 Å². The predicted molar refractivity (Wildman–Crippen MR) is 83.9 cm³/mol. The molecule has 0 spiro atoms. The molecule has 1 aromatic carbocycles. The van der Waals surface area contributed by atoms with E-state index in [4.69, 9.17) is 11.6 Å². The lowest BCUT2D eigenvalue weighted by Gasteiger charge is -2.30. The summed E-state index contributed by atoms with van der Waals surface area (Å²) in [5.41, 5.74) is 2.35. The summed E-state index contributed by atoms with van der Waals surface area (Å²) in [7, 11) is 0. The van der Waals surface area contributed by atoms with Gasteiger partial charge in [0.15, 0.2) is 6.04 Å². The molecule has 5 nitrogen and oxygen atoms in total. The van der Waals surface area contributed by atoms with Crippen LogP contribution in [0.3, 0.4) is 0 Å². The van der Waals surface area contributed by atoms with Crippen LogP contribution in [0.1, 0.15) is 25.7 Å². The number of carbonyl (C=O) groups is 2. The Hall–Kier alpha value is -2.14. The van der Waals surface area contributed by atoms with Crippen molar-refractivity contribution in [1.29, 1.82) is 0 Å². The minimum atomic E-state index is -0.622. The number of aliphatic imine (C=N–C) groups is 1. The number of benzene rings is 1. The first-order valence-electron chi connectivity index (χ1n) is 7.36. The highest BCUT2D eigenvalue weighted by molar-refractivity contribution is 6.32. The van der Waals surface area contributed by atoms with Crippen LogP contribution in [0.4, 0.5) is 10.5 Å². The molecule has 2 aliphatic heterocycles. The van der Waals surface area contributed by atoms with E-state index in [0.29, 0.717) is 10.7 Å². The molecule has 2 heterocycles. The van der Waals surface area contributed by atoms with Gasteiger partial charge in [0.05, 0.1) is 11.4 Å². The lowest BCUT2D eigenvalue weighted by molar-refractivity contribution is -0.117. The van der Waals surface area contributed by atoms with Crippen LogP contribution in [0.5, 0.6) is 0 Å². The van der Waals surface area contributed by atoms with Gasteiger partial charge >= 0.3 is 6.03 Å². The number of carbonyl (C=O) groups excluding carboxylic acids is 2. The van der Waals surface area contributed by atoms with Crippen LogP contribution in [-0.4, -0.2) is 29.1 Å². The van der Waals surface area contributed by atoms with Crippen LogP contribution in [0, 0.1) is 0 Å². The fraction of sp³-hybridized carbons (Fsp3) is 0.312. The first-order chi connectivity index (χ1) is 10.7. The summed E-state index contributed by atoms with van der Waals surface area (Å²) in [6.45, 7) is 0. The van der Waals surface area contributed by atoms with Crippen LogP contribution in [0.25, 0.3) is 0 Å². The summed E-state index contributed by atoms with van der Waals surface area (Å²) >= 11 is 5.98. The van der Waals surface area contributed by atoms with Gasteiger partial charge in [-0.05, 0) is 43.9 Å². The van der Waals surface area contributed by atoms with E-state index in [0.717, 1.165) is 37.1 Å². The Labute approximate surface area is 132 Å². The number of rotatable bonds is 1. The van der Waals surface area contributed by atoms with Crippen molar-refractivity contribution in [3.8, 4) is 0 Å². The Kier molecular flexibility index (Phi) is 3.04. The van der Waals surface area contributed by atoms with Crippen LogP contribution in [0.2, 0.25) is 5.02 Å². The van der Waals surface area contributed by atoms with Crippen molar-refractivity contribution < 1.29 is 9.59 Å². The summed E-state index contributed by atoms with van der Waals surface area (Å²) < 4.78 is 0. The number of fused-ring (bicyclic) bond motifs is 2. The molecule has 1 fully saturated rings. The summed E-state index contributed by atoms with van der Waals surface area (Å²) in [6, 6.07) is 5.86. The average molecular weight is 316 g/mol. The molecule has 3 amide bonds. The molecular formula is C16H14ClN3O2. The van der Waals surface area contributed by atoms with Gasteiger partial charge in [0.25, 0.3) is 5.91 Å². The number of halogens is 1. The van der Waals surface area contributed by atoms with Crippen LogP contribution >= 0.6 is 11.6 Å². The highest BCUT2D eigenvalue weighted by Gasteiger charge is 2.48. The van der Waals surface area contributed by atoms with Crippen LogP contribution in [-0.2, 0) is 4.79 Å². The molecule has 1 atom stereocenters. The third kappa shape index (κ3) is 1.89. The molecule has 1 unspecified atom stereocenters. The lowest BCUT2D eigenvalue weighted by atomic mass is 9.98. The number of anilines is 1. The Bertz CT molecular complexity index is 741. The Morgan fingerprint density at radius 2 is 2.00 bits per heavy atom. The number of allylic oxidation sites excluding steroid dienone is 2. The lowest BCUT2D eigenvalue weighted by Crippen LogP contribution is -2.39. The number of amides is 3. The fourth-order valence-electron chi connectivity index (χ4n) is 3.26. The number of nitrogens with zero attached hydrogens (tertiary/aromatic N) is 3. The second-order valence-electron chi connectivity index (χ2n) is 5.63. The highest BCUT2D eigenvalue weighted by Crippen LogP contribution is 2.37. The van der Waals surface area contributed by atoms with Crippen LogP contribution in [0.15, 0.2) is 40.7 Å². The van der Waals surface area contributed by atoms with E-state index in [-0.39, 0.29) is 11.9 Å². The Morgan fingerprint density at radius 3 is 2.82 bits per heavy atom. The minimum absolute atomic E-state index is 0.270. The van der Waals surface area contributed by atoms with E-state index in [1.54, 1.807) is 35.4 Å². The summed E-state index contributed by atoms with van der Waals surface area (Å²) in [5, 5.41) is 0.495. The van der Waals surface area contributed by atoms with Crippen molar-refractivity contribution in [3.63, 3.8) is 0 Å². The number of imide groups is 1. The standard InChI is InChI=1S/C16H14ClN3O2/c17-10-4-3-5-11(8-10)19-15(21)14-9-18-12-6-1-2-7-13(12)20(14)16(19)22/h3-5,8-9,14H,1-2,6-7H2. The maximum absolute atomic E-state index is 12.8. The van der Waals surface area contributed by atoms with Gasteiger partial charge in [0, 0.05) is 16.9 Å². The van der Waals surface area contributed by atoms with E-state index < -0.39 is 6.04 Å². The average Bonchev–Trinajstić information content (AvgIpc) is 2.79. The predicted octanol–water partition coefficient (Wildman–Crippen LogP) is 3.35. The molecule has 112 valence electrons. The zero-order chi connectivity index (χ0) is 15.3. The monoisotopic (exact) mass is 315 g/mol. The zero-order valence-electron chi connectivity index (χ0n) is 11.8. The first-order valence-corrected chi connectivity index (χ1v) is 7.73. The van der Waals surface area contributed by atoms with Gasteiger partial charge in [-0.25, -0.2) is 9.69 Å². The minimum Gasteiger partial charge on any atom is -0.278 e. The van der Waals surface area contributed by atoms with Gasteiger partial charge in [0.2, 0.25) is 0 Å². The van der Waals surface area contributed by atoms with Gasteiger partial charge in [-0.2, -0.15) is 0 Å². The van der Waals surface area contributed by atoms with Crippen molar-refractivity contribution in [2.75, 3.05) is 4.90 Å². The summed E-state index contributed by atoms with van der Waals surface area (Å²) in [4.78, 5) is 32.7. The molecule has 0 radical (unpaired) electrons. The molecule has 4 rings (SSSR count). The second kappa shape index (κ2) is 4.95. The molecule has 0 aromatic heterocycles.